The molecule has 7 amide bonds. The van der Waals surface area contributed by atoms with E-state index in [1.165, 1.54) is 12.4 Å². The highest BCUT2D eigenvalue weighted by molar-refractivity contribution is 7.89. The van der Waals surface area contributed by atoms with Crippen LogP contribution in [0.1, 0.15) is 33.9 Å². The maximum absolute atomic E-state index is 14.6. The van der Waals surface area contributed by atoms with Crippen molar-refractivity contribution in [1.29, 1.82) is 0 Å². The van der Waals surface area contributed by atoms with Crippen molar-refractivity contribution >= 4 is 64.4 Å². The SMILES string of the molecule is O=C(NCCCS(=O)(=O)N1CCN(C(=O)NC(C(=O)N[C@H]2Cc3ccc(F)c(C(=O)O)c3OB2O)c2cc(F)c(O)c(O)c2Cl)C1=O)Nc1cccnc1. The van der Waals surface area contributed by atoms with Crippen molar-refractivity contribution in [1.82, 2.24) is 30.1 Å². The van der Waals surface area contributed by atoms with Gasteiger partial charge in [0.2, 0.25) is 15.9 Å². The topological polar surface area (TPSA) is 277 Å². The number of pyridine rings is 1. The lowest BCUT2D eigenvalue weighted by molar-refractivity contribution is -0.123. The predicted molar refractivity (Wildman–Crippen MR) is 182 cm³/mol. The number of carboxylic acids is 1. The van der Waals surface area contributed by atoms with Gasteiger partial charge >= 0.3 is 31.2 Å². The number of hydrogen-bond acceptors (Lipinski definition) is 12. The molecule has 1 fully saturated rings. The third kappa shape index (κ3) is 8.32. The van der Waals surface area contributed by atoms with Crippen LogP contribution >= 0.6 is 11.6 Å². The number of aromatic hydroxyl groups is 2. The van der Waals surface area contributed by atoms with Crippen LogP contribution in [0.25, 0.3) is 0 Å². The Kier molecular flexibility index (Phi) is 11.6. The number of benzene rings is 2. The van der Waals surface area contributed by atoms with Gasteiger partial charge in [-0.25, -0.2) is 45.6 Å². The smallest absolute Gasteiger partial charge is 0.534 e. The molecule has 3 aromatic rings. The highest BCUT2D eigenvalue weighted by atomic mass is 35.5. The van der Waals surface area contributed by atoms with Gasteiger partial charge in [0.15, 0.2) is 17.3 Å². The second-order valence-corrected chi connectivity index (χ2v) is 14.1. The van der Waals surface area contributed by atoms with Crippen molar-refractivity contribution in [3.8, 4) is 17.2 Å². The summed E-state index contributed by atoms with van der Waals surface area (Å²) in [6, 6.07) is 0.157. The Labute approximate surface area is 309 Å². The Morgan fingerprint density at radius 2 is 1.85 bits per heavy atom. The fraction of sp³-hybridized carbons (Fsp3) is 0.267. The van der Waals surface area contributed by atoms with Crippen molar-refractivity contribution in [2.24, 2.45) is 0 Å². The molecule has 0 bridgehead atoms. The summed E-state index contributed by atoms with van der Waals surface area (Å²) in [4.78, 5) is 68.2. The number of amides is 7. The van der Waals surface area contributed by atoms with Crippen molar-refractivity contribution in [2.45, 2.75) is 24.8 Å². The molecule has 2 atom stereocenters. The van der Waals surface area contributed by atoms with Crippen molar-refractivity contribution in [2.75, 3.05) is 30.7 Å². The van der Waals surface area contributed by atoms with Gasteiger partial charge in [-0.1, -0.05) is 17.7 Å². The zero-order valence-corrected chi connectivity index (χ0v) is 29.0. The number of carboxylic acid groups (broad SMARTS) is 1. The van der Waals surface area contributed by atoms with Crippen LogP contribution in [0.3, 0.4) is 0 Å². The van der Waals surface area contributed by atoms with E-state index in [1.54, 1.807) is 12.1 Å². The van der Waals surface area contributed by atoms with Gasteiger partial charge in [-0.15, -0.1) is 0 Å². The highest BCUT2D eigenvalue weighted by Crippen LogP contribution is 2.41. The maximum atomic E-state index is 14.6. The number of hydrogen-bond donors (Lipinski definition) is 8. The molecule has 0 saturated carbocycles. The van der Waals surface area contributed by atoms with E-state index in [0.29, 0.717) is 21.0 Å². The minimum atomic E-state index is -4.35. The first-order chi connectivity index (χ1) is 25.5. The molecule has 2 aliphatic rings. The van der Waals surface area contributed by atoms with E-state index in [4.69, 9.17) is 16.3 Å². The van der Waals surface area contributed by atoms with Gasteiger partial charge in [-0.2, -0.15) is 0 Å². The summed E-state index contributed by atoms with van der Waals surface area (Å²) in [7, 11) is -6.34. The molecule has 0 spiro atoms. The number of carbonyl (C=O) groups is 5. The largest absolute Gasteiger partial charge is 0.547 e. The first-order valence-corrected chi connectivity index (χ1v) is 17.7. The van der Waals surface area contributed by atoms with Gasteiger partial charge in [0.25, 0.3) is 0 Å². The standard InChI is InChI=1S/C30H29BClF2N7O12S/c32-21-16(12-18(34)23(42)24(21)43)22(26(44)38-19-11-14-4-5-17(33)20(27(45)46)25(14)53-31(19)50)39-29(48)40-8-9-41(30(40)49)54(51,52)10-2-7-36-28(47)37-15-3-1-6-35-13-15/h1,3-6,12-13,19,22,42-43,50H,2,7-11H2,(H,38,44)(H,39,48)(H,45,46)(H2,36,37,47)/t19-,22?/m0/s1. The molecule has 0 radical (unpaired) electrons. The second kappa shape index (κ2) is 16.0. The number of nitrogens with one attached hydrogen (secondary N) is 4. The number of nitrogens with zero attached hydrogens (tertiary/aromatic N) is 3. The third-order valence-corrected chi connectivity index (χ3v) is 10.3. The fourth-order valence-electron chi connectivity index (χ4n) is 5.49. The number of anilines is 1. The quantitative estimate of drug-likeness (QED) is 0.0773. The van der Waals surface area contributed by atoms with Crippen LogP contribution in [-0.2, 0) is 21.2 Å². The molecule has 2 aliphatic heterocycles. The minimum Gasteiger partial charge on any atom is -0.534 e. The molecule has 54 heavy (non-hydrogen) atoms. The van der Waals surface area contributed by atoms with E-state index in [-0.39, 0.29) is 24.9 Å². The molecule has 0 aliphatic carbocycles. The Bertz CT molecular complexity index is 2120. The van der Waals surface area contributed by atoms with E-state index in [1.807, 2.05) is 0 Å². The normalized spacial score (nSPS) is 15.9. The molecule has 1 saturated heterocycles. The number of phenolic OH excluding ortho intramolecular Hbond substituents is 2. The minimum absolute atomic E-state index is 0.0455. The number of carbonyl (C=O) groups excluding carboxylic acids is 4. The molecule has 3 heterocycles. The summed E-state index contributed by atoms with van der Waals surface area (Å²) in [6.45, 7) is -1.13. The highest BCUT2D eigenvalue weighted by Gasteiger charge is 2.43. The lowest BCUT2D eigenvalue weighted by Crippen LogP contribution is -2.56. The monoisotopic (exact) mass is 795 g/mol. The van der Waals surface area contributed by atoms with Gasteiger partial charge in [-0.05, 0) is 42.7 Å². The number of aromatic nitrogens is 1. The van der Waals surface area contributed by atoms with Gasteiger partial charge in [0.1, 0.15) is 23.2 Å². The van der Waals surface area contributed by atoms with E-state index < -0.39 is 123 Å². The molecule has 1 unspecified atom stereocenters. The van der Waals surface area contributed by atoms with Crippen molar-refractivity contribution < 1.29 is 66.2 Å². The van der Waals surface area contributed by atoms with Gasteiger partial charge < -0.3 is 46.3 Å². The molecule has 19 nitrogen and oxygen atoms in total. The van der Waals surface area contributed by atoms with Crippen LogP contribution in [0.2, 0.25) is 5.02 Å². The maximum Gasteiger partial charge on any atom is 0.547 e. The number of urea groups is 3. The first-order valence-electron chi connectivity index (χ1n) is 15.7. The molecule has 286 valence electrons. The van der Waals surface area contributed by atoms with E-state index in [9.17, 15) is 61.5 Å². The van der Waals surface area contributed by atoms with Crippen molar-refractivity contribution in [3.05, 3.63) is 76.1 Å². The Balaban J connectivity index is 1.28. The number of phenols is 2. The summed E-state index contributed by atoms with van der Waals surface area (Å²) in [5.74, 6) is -10.7. The average molecular weight is 796 g/mol. The summed E-state index contributed by atoms with van der Waals surface area (Å²) in [6.07, 6.45) is 2.40. The zero-order chi connectivity index (χ0) is 39.5. The van der Waals surface area contributed by atoms with E-state index in [0.717, 1.165) is 12.1 Å². The molecular weight excluding hydrogens is 767 g/mol. The van der Waals surface area contributed by atoms with Crippen LogP contribution in [0.15, 0.2) is 42.7 Å². The molecular formula is C30H29BClF2N7O12S. The van der Waals surface area contributed by atoms with Crippen LogP contribution in [0.5, 0.6) is 17.2 Å². The Morgan fingerprint density at radius 1 is 1.11 bits per heavy atom. The predicted octanol–water partition coefficient (Wildman–Crippen LogP) is 1.29. The Morgan fingerprint density at radius 3 is 2.54 bits per heavy atom. The summed E-state index contributed by atoms with van der Waals surface area (Å²) in [5.41, 5.74) is -1.11. The number of rotatable bonds is 11. The van der Waals surface area contributed by atoms with E-state index >= 15 is 0 Å². The summed E-state index contributed by atoms with van der Waals surface area (Å²) in [5, 5.41) is 48.5. The third-order valence-electron chi connectivity index (χ3n) is 8.12. The van der Waals surface area contributed by atoms with Crippen LogP contribution in [-0.4, -0.2) is 111 Å². The molecule has 8 N–H and O–H groups in total. The van der Waals surface area contributed by atoms with Crippen LogP contribution in [0, 0.1) is 11.6 Å². The Hall–Kier alpha value is -5.94. The molecule has 5 rings (SSSR count). The lowest BCUT2D eigenvalue weighted by Gasteiger charge is -2.31. The summed E-state index contributed by atoms with van der Waals surface area (Å²) >= 11 is 6.11. The molecule has 1 aromatic heterocycles. The number of halogens is 3. The number of fused-ring (bicyclic) bond motifs is 1. The van der Waals surface area contributed by atoms with Gasteiger partial charge in [0, 0.05) is 18.3 Å². The number of imide groups is 1. The molecule has 2 aromatic carbocycles. The lowest BCUT2D eigenvalue weighted by atomic mass is 9.72. The second-order valence-electron chi connectivity index (χ2n) is 11.7. The number of sulfonamides is 1. The van der Waals surface area contributed by atoms with E-state index in [2.05, 4.69) is 26.3 Å². The first kappa shape index (κ1) is 39.3. The molecule has 24 heteroatoms. The zero-order valence-electron chi connectivity index (χ0n) is 27.5. The average Bonchev–Trinajstić information content (AvgIpc) is 3.52. The van der Waals surface area contributed by atoms with Gasteiger partial charge in [0.05, 0.1) is 41.7 Å². The van der Waals surface area contributed by atoms with Crippen LogP contribution in [0.4, 0.5) is 28.9 Å². The van der Waals surface area contributed by atoms with Crippen molar-refractivity contribution in [3.63, 3.8) is 0 Å². The number of aromatic carboxylic acids is 1. The van der Waals surface area contributed by atoms with Gasteiger partial charge in [-0.3, -0.25) is 9.78 Å². The summed E-state index contributed by atoms with van der Waals surface area (Å²) < 4.78 is 60.4. The fourth-order valence-corrected chi connectivity index (χ4v) is 7.16. The van der Waals surface area contributed by atoms with Crippen LogP contribution < -0.4 is 25.9 Å².